The highest BCUT2D eigenvalue weighted by Crippen LogP contribution is 2.56. The summed E-state index contributed by atoms with van der Waals surface area (Å²) in [5.74, 6) is 3.90. The smallest absolute Gasteiger partial charge is 0.150 e. The lowest BCUT2D eigenvalue weighted by atomic mass is 9.54. The fourth-order valence-electron chi connectivity index (χ4n) is 5.74. The fraction of sp³-hybridized carbons (Fsp3) is 0.400. The van der Waals surface area contributed by atoms with Gasteiger partial charge >= 0.3 is 0 Å². The Kier molecular flexibility index (Phi) is 4.54. The van der Waals surface area contributed by atoms with Gasteiger partial charge in [0.25, 0.3) is 0 Å². The molecule has 28 heavy (non-hydrogen) atoms. The maximum Gasteiger partial charge on any atom is 0.150 e. The zero-order chi connectivity index (χ0) is 19.1. The van der Waals surface area contributed by atoms with Crippen LogP contribution in [0.2, 0.25) is 0 Å². The van der Waals surface area contributed by atoms with E-state index in [2.05, 4.69) is 0 Å². The minimum absolute atomic E-state index is 0.337. The standard InChI is InChI=1S/C25H25FO2/c26-25-13-17(14-27)1-4-20(25)8-16-2-5-23(6-3-16)28-15-24-21-9-18-7-19(11-21)12-22(24)10-18/h1-6,13-15,18-19,21-22H,7-12H2. The quantitative estimate of drug-likeness (QED) is 0.476. The molecule has 4 aliphatic rings. The third-order valence-electron chi connectivity index (χ3n) is 6.94. The average Bonchev–Trinajstić information content (AvgIpc) is 2.69. The van der Waals surface area contributed by atoms with Gasteiger partial charge in [0.05, 0.1) is 6.26 Å². The molecule has 6 rings (SSSR count). The number of aldehydes is 1. The van der Waals surface area contributed by atoms with Crippen molar-refractivity contribution in [3.8, 4) is 5.75 Å². The SMILES string of the molecule is O=Cc1ccc(Cc2ccc(OC=C3C4CC5CC(C4)CC3C5)cc2)c(F)c1. The van der Waals surface area contributed by atoms with Crippen LogP contribution in [0.4, 0.5) is 4.39 Å². The maximum atomic E-state index is 14.1. The molecule has 0 radical (unpaired) electrons. The lowest BCUT2D eigenvalue weighted by molar-refractivity contribution is 0.0669. The van der Waals surface area contributed by atoms with Crippen molar-refractivity contribution in [2.75, 3.05) is 0 Å². The molecule has 4 fully saturated rings. The third-order valence-corrected chi connectivity index (χ3v) is 6.94. The highest BCUT2D eigenvalue weighted by molar-refractivity contribution is 5.74. The molecule has 0 saturated heterocycles. The van der Waals surface area contributed by atoms with Crippen LogP contribution in [0, 0.1) is 29.5 Å². The summed E-state index contributed by atoms with van der Waals surface area (Å²) in [7, 11) is 0. The lowest BCUT2D eigenvalue weighted by Crippen LogP contribution is -2.40. The molecule has 4 saturated carbocycles. The van der Waals surface area contributed by atoms with Gasteiger partial charge in [0, 0.05) is 12.0 Å². The number of hydrogen-bond donors (Lipinski definition) is 0. The van der Waals surface area contributed by atoms with E-state index in [0.29, 0.717) is 23.8 Å². The second kappa shape index (κ2) is 7.20. The van der Waals surface area contributed by atoms with Gasteiger partial charge in [-0.15, -0.1) is 0 Å². The molecule has 144 valence electrons. The van der Waals surface area contributed by atoms with E-state index in [1.807, 2.05) is 30.5 Å². The van der Waals surface area contributed by atoms with Crippen LogP contribution < -0.4 is 4.74 Å². The third kappa shape index (κ3) is 3.39. The van der Waals surface area contributed by atoms with Crippen LogP contribution in [0.3, 0.4) is 0 Å². The van der Waals surface area contributed by atoms with Crippen LogP contribution in [0.25, 0.3) is 0 Å². The number of rotatable bonds is 5. The summed E-state index contributed by atoms with van der Waals surface area (Å²) in [6, 6.07) is 12.5. The van der Waals surface area contributed by atoms with Gasteiger partial charge in [-0.05, 0) is 90.7 Å². The van der Waals surface area contributed by atoms with Crippen molar-refractivity contribution in [2.24, 2.45) is 23.7 Å². The van der Waals surface area contributed by atoms with E-state index in [0.717, 1.165) is 35.0 Å². The number of carbonyl (C=O) groups is 1. The summed E-state index contributed by atoms with van der Waals surface area (Å²) < 4.78 is 20.1. The van der Waals surface area contributed by atoms with Crippen LogP contribution in [0.1, 0.15) is 53.6 Å². The minimum Gasteiger partial charge on any atom is -0.465 e. The minimum atomic E-state index is -0.337. The van der Waals surface area contributed by atoms with E-state index >= 15 is 0 Å². The highest BCUT2D eigenvalue weighted by Gasteiger charge is 2.45. The van der Waals surface area contributed by atoms with Crippen molar-refractivity contribution < 1.29 is 13.9 Å². The zero-order valence-electron chi connectivity index (χ0n) is 15.9. The molecule has 2 nitrogen and oxygen atoms in total. The van der Waals surface area contributed by atoms with E-state index in [-0.39, 0.29) is 5.82 Å². The fourth-order valence-corrected chi connectivity index (χ4v) is 5.74. The van der Waals surface area contributed by atoms with Crippen LogP contribution in [0.5, 0.6) is 5.75 Å². The van der Waals surface area contributed by atoms with Crippen LogP contribution in [0.15, 0.2) is 54.3 Å². The Bertz CT molecular complexity index is 883. The summed E-state index contributed by atoms with van der Waals surface area (Å²) in [5.41, 5.74) is 3.51. The van der Waals surface area contributed by atoms with Gasteiger partial charge in [0.15, 0.2) is 0 Å². The molecule has 0 spiro atoms. The first-order chi connectivity index (χ1) is 13.7. The Labute approximate surface area is 165 Å². The van der Waals surface area contributed by atoms with Crippen LogP contribution in [-0.2, 0) is 6.42 Å². The number of carbonyl (C=O) groups excluding carboxylic acids is 1. The van der Waals surface area contributed by atoms with E-state index in [1.165, 1.54) is 43.7 Å². The molecule has 3 heteroatoms. The molecular weight excluding hydrogens is 351 g/mol. The first-order valence-electron chi connectivity index (χ1n) is 10.4. The van der Waals surface area contributed by atoms with Crippen molar-refractivity contribution in [3.63, 3.8) is 0 Å². The summed E-state index contributed by atoms with van der Waals surface area (Å²) in [6.07, 6.45) is 10.1. The second-order valence-electron chi connectivity index (χ2n) is 8.83. The first-order valence-corrected chi connectivity index (χ1v) is 10.4. The van der Waals surface area contributed by atoms with Crippen molar-refractivity contribution in [1.29, 1.82) is 0 Å². The first kappa shape index (κ1) is 17.7. The molecule has 0 aliphatic heterocycles. The van der Waals surface area contributed by atoms with Crippen LogP contribution >= 0.6 is 0 Å². The van der Waals surface area contributed by atoms with Crippen molar-refractivity contribution in [3.05, 3.63) is 76.8 Å². The molecule has 0 heterocycles. The number of benzene rings is 2. The summed E-state index contributed by atoms with van der Waals surface area (Å²) in [6.45, 7) is 0. The largest absolute Gasteiger partial charge is 0.465 e. The summed E-state index contributed by atoms with van der Waals surface area (Å²) in [4.78, 5) is 10.7. The molecule has 0 amide bonds. The van der Waals surface area contributed by atoms with E-state index < -0.39 is 0 Å². The average molecular weight is 376 g/mol. The topological polar surface area (TPSA) is 26.3 Å². The number of hydrogen-bond acceptors (Lipinski definition) is 2. The van der Waals surface area contributed by atoms with Gasteiger partial charge in [-0.25, -0.2) is 4.39 Å². The van der Waals surface area contributed by atoms with Crippen molar-refractivity contribution >= 4 is 6.29 Å². The van der Waals surface area contributed by atoms with Gasteiger partial charge in [0.1, 0.15) is 17.9 Å². The van der Waals surface area contributed by atoms with Crippen molar-refractivity contribution in [2.45, 2.75) is 38.5 Å². The van der Waals surface area contributed by atoms with Gasteiger partial charge in [-0.3, -0.25) is 4.79 Å². The predicted molar refractivity (Wildman–Crippen MR) is 107 cm³/mol. The van der Waals surface area contributed by atoms with Gasteiger partial charge in [-0.2, -0.15) is 0 Å². The number of allylic oxidation sites excluding steroid dienone is 1. The molecule has 0 atom stereocenters. The number of ether oxygens (including phenoxy) is 1. The molecule has 2 aromatic rings. The Morgan fingerprint density at radius 3 is 2.21 bits per heavy atom. The Morgan fingerprint density at radius 1 is 0.929 bits per heavy atom. The normalized spacial score (nSPS) is 27.7. The lowest BCUT2D eigenvalue weighted by Gasteiger charge is -2.51. The highest BCUT2D eigenvalue weighted by atomic mass is 19.1. The molecule has 0 N–H and O–H groups in total. The molecule has 0 aromatic heterocycles. The van der Waals surface area contributed by atoms with Gasteiger partial charge in [-0.1, -0.05) is 24.3 Å². The summed E-state index contributed by atoms with van der Waals surface area (Å²) >= 11 is 0. The summed E-state index contributed by atoms with van der Waals surface area (Å²) in [5, 5.41) is 0. The number of halogens is 1. The zero-order valence-corrected chi connectivity index (χ0v) is 15.9. The van der Waals surface area contributed by atoms with Gasteiger partial charge < -0.3 is 4.74 Å². The van der Waals surface area contributed by atoms with E-state index in [4.69, 9.17) is 4.74 Å². The Morgan fingerprint density at radius 2 is 1.61 bits per heavy atom. The van der Waals surface area contributed by atoms with Gasteiger partial charge in [0.2, 0.25) is 0 Å². The molecule has 4 bridgehead atoms. The molecule has 4 aliphatic carbocycles. The van der Waals surface area contributed by atoms with E-state index in [1.54, 1.807) is 12.1 Å². The Balaban J connectivity index is 1.25. The van der Waals surface area contributed by atoms with Crippen molar-refractivity contribution in [1.82, 2.24) is 0 Å². The molecule has 2 aromatic carbocycles. The second-order valence-corrected chi connectivity index (χ2v) is 8.83. The van der Waals surface area contributed by atoms with E-state index in [9.17, 15) is 9.18 Å². The Hall–Kier alpha value is -2.42. The van der Waals surface area contributed by atoms with Crippen LogP contribution in [-0.4, -0.2) is 6.29 Å². The molecular formula is C25H25FO2. The monoisotopic (exact) mass is 376 g/mol. The maximum absolute atomic E-state index is 14.1. The predicted octanol–water partition coefficient (Wildman–Crippen LogP) is 5.95. The molecule has 0 unspecified atom stereocenters.